The molecule has 1 N–H and O–H groups in total. The number of carbonyl (C=O) groups is 1. The molecule has 1 aliphatic heterocycles. The van der Waals surface area contributed by atoms with Gasteiger partial charge in [-0.3, -0.25) is 9.59 Å². The number of para-hydroxylation sites is 1. The van der Waals surface area contributed by atoms with Crippen LogP contribution in [0.1, 0.15) is 31.2 Å². The van der Waals surface area contributed by atoms with Gasteiger partial charge < -0.3 is 9.88 Å². The van der Waals surface area contributed by atoms with Gasteiger partial charge in [0.2, 0.25) is 15.9 Å². The zero-order valence-electron chi connectivity index (χ0n) is 15.9. The minimum absolute atomic E-state index is 0.0395. The molecule has 28 heavy (non-hydrogen) atoms. The fraction of sp³-hybridized carbons (Fsp3) is 0.400. The fourth-order valence-electron chi connectivity index (χ4n) is 3.27. The molecule has 1 amide bonds. The van der Waals surface area contributed by atoms with Crippen LogP contribution in [0.15, 0.2) is 52.3 Å². The largest absolute Gasteiger partial charge is 0.324 e. The Bertz CT molecular complexity index is 1010. The van der Waals surface area contributed by atoms with Crippen molar-refractivity contribution in [3.63, 3.8) is 0 Å². The van der Waals surface area contributed by atoms with E-state index >= 15 is 0 Å². The van der Waals surface area contributed by atoms with Crippen LogP contribution in [0.4, 0.5) is 5.69 Å². The van der Waals surface area contributed by atoms with Crippen molar-refractivity contribution >= 4 is 21.6 Å². The standard InChI is InChI=1S/C20H25N3O4S/c1-16-8-4-5-9-18(16)21-19(24)15-22-14-17(10-11-20(22)25)28(26,27)23-12-6-2-3-7-13-23/h4-5,8-11,14H,2-3,6-7,12-13,15H2,1H3,(H,21,24). The van der Waals surface area contributed by atoms with Crippen molar-refractivity contribution in [2.75, 3.05) is 18.4 Å². The molecule has 1 fully saturated rings. The normalized spacial score (nSPS) is 15.8. The fourth-order valence-corrected chi connectivity index (χ4v) is 4.81. The monoisotopic (exact) mass is 403 g/mol. The first-order valence-corrected chi connectivity index (χ1v) is 10.9. The van der Waals surface area contributed by atoms with E-state index in [9.17, 15) is 18.0 Å². The average molecular weight is 404 g/mol. The lowest BCUT2D eigenvalue weighted by Gasteiger charge is -2.20. The molecule has 0 saturated carbocycles. The van der Waals surface area contributed by atoms with E-state index in [-0.39, 0.29) is 17.3 Å². The van der Waals surface area contributed by atoms with E-state index in [1.165, 1.54) is 22.6 Å². The summed E-state index contributed by atoms with van der Waals surface area (Å²) in [5.74, 6) is -0.388. The summed E-state index contributed by atoms with van der Waals surface area (Å²) >= 11 is 0. The zero-order valence-corrected chi connectivity index (χ0v) is 16.7. The third kappa shape index (κ3) is 4.69. The van der Waals surface area contributed by atoms with Crippen LogP contribution in [0.2, 0.25) is 0 Å². The summed E-state index contributed by atoms with van der Waals surface area (Å²) in [6.07, 6.45) is 4.96. The molecular weight excluding hydrogens is 378 g/mol. The second-order valence-corrected chi connectivity index (χ2v) is 8.95. The molecule has 0 atom stereocenters. The number of sulfonamides is 1. The van der Waals surface area contributed by atoms with Crippen LogP contribution in [0.5, 0.6) is 0 Å². The average Bonchev–Trinajstić information content (AvgIpc) is 2.95. The van der Waals surface area contributed by atoms with E-state index in [2.05, 4.69) is 5.32 Å². The third-order valence-electron chi connectivity index (χ3n) is 4.89. The zero-order chi connectivity index (χ0) is 20.1. The van der Waals surface area contributed by atoms with Crippen molar-refractivity contribution in [3.8, 4) is 0 Å². The van der Waals surface area contributed by atoms with Crippen molar-refractivity contribution in [1.29, 1.82) is 0 Å². The minimum atomic E-state index is -3.68. The van der Waals surface area contributed by atoms with Crippen molar-refractivity contribution in [2.45, 2.75) is 44.0 Å². The van der Waals surface area contributed by atoms with Gasteiger partial charge in [-0.1, -0.05) is 31.0 Å². The molecule has 0 radical (unpaired) electrons. The van der Waals surface area contributed by atoms with Crippen LogP contribution in [0.25, 0.3) is 0 Å². The highest BCUT2D eigenvalue weighted by Crippen LogP contribution is 2.19. The van der Waals surface area contributed by atoms with Gasteiger partial charge in [-0.05, 0) is 37.5 Å². The highest BCUT2D eigenvalue weighted by Gasteiger charge is 2.26. The van der Waals surface area contributed by atoms with E-state index < -0.39 is 15.6 Å². The molecule has 1 saturated heterocycles. The lowest BCUT2D eigenvalue weighted by molar-refractivity contribution is -0.116. The Balaban J connectivity index is 1.80. The summed E-state index contributed by atoms with van der Waals surface area (Å²) in [6.45, 7) is 2.58. The van der Waals surface area contributed by atoms with Crippen LogP contribution in [-0.2, 0) is 21.4 Å². The Morgan fingerprint density at radius 2 is 1.71 bits per heavy atom. The maximum Gasteiger partial charge on any atom is 0.251 e. The van der Waals surface area contributed by atoms with Crippen LogP contribution < -0.4 is 10.9 Å². The molecule has 8 heteroatoms. The number of nitrogens with one attached hydrogen (secondary N) is 1. The van der Waals surface area contributed by atoms with E-state index in [0.29, 0.717) is 18.8 Å². The maximum atomic E-state index is 12.9. The van der Waals surface area contributed by atoms with Crippen LogP contribution in [0, 0.1) is 6.92 Å². The van der Waals surface area contributed by atoms with Gasteiger partial charge in [-0.2, -0.15) is 4.31 Å². The van der Waals surface area contributed by atoms with Crippen LogP contribution in [-0.4, -0.2) is 36.3 Å². The Kier molecular flexibility index (Phi) is 6.31. The van der Waals surface area contributed by atoms with Crippen molar-refractivity contribution < 1.29 is 13.2 Å². The van der Waals surface area contributed by atoms with Gasteiger partial charge in [-0.15, -0.1) is 0 Å². The number of amides is 1. The van der Waals surface area contributed by atoms with Crippen molar-refractivity contribution in [2.24, 2.45) is 0 Å². The van der Waals surface area contributed by atoms with Gasteiger partial charge in [-0.25, -0.2) is 8.42 Å². The Hall–Kier alpha value is -2.45. The van der Waals surface area contributed by atoms with Crippen LogP contribution >= 0.6 is 0 Å². The van der Waals surface area contributed by atoms with Gasteiger partial charge in [0, 0.05) is 31.0 Å². The lowest BCUT2D eigenvalue weighted by Crippen LogP contribution is -2.33. The number of carbonyl (C=O) groups excluding carboxylic acids is 1. The first-order chi connectivity index (χ1) is 13.4. The summed E-state index contributed by atoms with van der Waals surface area (Å²) in [7, 11) is -3.68. The molecule has 3 rings (SSSR count). The molecule has 2 aromatic rings. The quantitative estimate of drug-likeness (QED) is 0.830. The summed E-state index contributed by atoms with van der Waals surface area (Å²) < 4.78 is 28.5. The van der Waals surface area contributed by atoms with E-state index in [4.69, 9.17) is 0 Å². The molecule has 0 unspecified atom stereocenters. The maximum absolute atomic E-state index is 12.9. The summed E-state index contributed by atoms with van der Waals surface area (Å²) in [5, 5.41) is 2.76. The molecule has 0 spiro atoms. The van der Waals surface area contributed by atoms with E-state index in [0.717, 1.165) is 35.8 Å². The van der Waals surface area contributed by atoms with Gasteiger partial charge in [0.05, 0.1) is 4.90 Å². The SMILES string of the molecule is Cc1ccccc1NC(=O)Cn1cc(S(=O)(=O)N2CCCCCC2)ccc1=O. The first-order valence-electron chi connectivity index (χ1n) is 9.44. The molecule has 1 aromatic heterocycles. The number of hydrogen-bond donors (Lipinski definition) is 1. The lowest BCUT2D eigenvalue weighted by atomic mass is 10.2. The highest BCUT2D eigenvalue weighted by molar-refractivity contribution is 7.89. The van der Waals surface area contributed by atoms with E-state index in [1.807, 2.05) is 25.1 Å². The summed E-state index contributed by atoms with van der Waals surface area (Å²) in [5.41, 5.74) is 1.14. The van der Waals surface area contributed by atoms with Crippen LogP contribution in [0.3, 0.4) is 0 Å². The van der Waals surface area contributed by atoms with Crippen molar-refractivity contribution in [3.05, 3.63) is 58.5 Å². The Labute approximate surface area is 165 Å². The smallest absolute Gasteiger partial charge is 0.251 e. The molecule has 0 bridgehead atoms. The van der Waals surface area contributed by atoms with Gasteiger partial charge in [0.15, 0.2) is 0 Å². The second-order valence-electron chi connectivity index (χ2n) is 7.01. The number of rotatable bonds is 5. The predicted molar refractivity (Wildman–Crippen MR) is 108 cm³/mol. The van der Waals surface area contributed by atoms with Gasteiger partial charge in [0.25, 0.3) is 5.56 Å². The number of nitrogens with zero attached hydrogens (tertiary/aromatic N) is 2. The predicted octanol–water partition coefficient (Wildman–Crippen LogP) is 2.36. The molecule has 1 aliphatic rings. The Morgan fingerprint density at radius 1 is 1.04 bits per heavy atom. The molecule has 150 valence electrons. The summed E-state index contributed by atoms with van der Waals surface area (Å²) in [6, 6.07) is 9.84. The Morgan fingerprint density at radius 3 is 2.39 bits per heavy atom. The number of hydrogen-bond acceptors (Lipinski definition) is 4. The third-order valence-corrected chi connectivity index (χ3v) is 6.77. The molecule has 1 aromatic carbocycles. The first kappa shape index (κ1) is 20.3. The molecule has 0 aliphatic carbocycles. The molecule has 2 heterocycles. The minimum Gasteiger partial charge on any atom is -0.324 e. The highest BCUT2D eigenvalue weighted by atomic mass is 32.2. The topological polar surface area (TPSA) is 88.5 Å². The van der Waals surface area contributed by atoms with Gasteiger partial charge in [0.1, 0.15) is 6.54 Å². The van der Waals surface area contributed by atoms with Crippen molar-refractivity contribution in [1.82, 2.24) is 8.87 Å². The number of benzene rings is 1. The number of aryl methyl sites for hydroxylation is 1. The van der Waals surface area contributed by atoms with Gasteiger partial charge >= 0.3 is 0 Å². The van der Waals surface area contributed by atoms with E-state index in [1.54, 1.807) is 6.07 Å². The molecular formula is C20H25N3O4S. The molecule has 7 nitrogen and oxygen atoms in total. The number of anilines is 1. The summed E-state index contributed by atoms with van der Waals surface area (Å²) in [4.78, 5) is 24.6. The second kappa shape index (κ2) is 8.70. The number of aromatic nitrogens is 1. The number of pyridine rings is 1.